The third-order valence-electron chi connectivity index (χ3n) is 3.99. The van der Waals surface area contributed by atoms with E-state index in [4.69, 9.17) is 0 Å². The second-order valence-corrected chi connectivity index (χ2v) is 6.25. The maximum absolute atomic E-state index is 13.5. The van der Waals surface area contributed by atoms with Gasteiger partial charge in [-0.1, -0.05) is 6.58 Å². The van der Waals surface area contributed by atoms with Gasteiger partial charge in [-0.15, -0.1) is 0 Å². The molecule has 144 valence electrons. The Morgan fingerprint density at radius 2 is 1.88 bits per heavy atom. The number of carbonyl (C=O) groups is 1. The van der Waals surface area contributed by atoms with Crippen LogP contribution in [-0.2, 0) is 23.4 Å². The first-order valence-corrected chi connectivity index (χ1v) is 7.96. The molecule has 0 aliphatic carbocycles. The molecule has 0 unspecified atom stereocenters. The Labute approximate surface area is 148 Å². The molecular weight excluding hydrogens is 357 g/mol. The first-order chi connectivity index (χ1) is 12.0. The van der Waals surface area contributed by atoms with Crippen LogP contribution in [0.4, 0.5) is 22.0 Å². The molecule has 0 bridgehead atoms. The van der Waals surface area contributed by atoms with E-state index < -0.39 is 29.1 Å². The van der Waals surface area contributed by atoms with Gasteiger partial charge < -0.3 is 15.5 Å². The third-order valence-corrected chi connectivity index (χ3v) is 3.99. The largest absolute Gasteiger partial charge is 0.416 e. The van der Waals surface area contributed by atoms with Crippen molar-refractivity contribution in [2.75, 3.05) is 26.2 Å². The van der Waals surface area contributed by atoms with Crippen LogP contribution in [0.25, 0.3) is 0 Å². The van der Waals surface area contributed by atoms with Crippen LogP contribution in [0.15, 0.2) is 30.5 Å². The van der Waals surface area contributed by atoms with E-state index in [1.807, 2.05) is 0 Å². The van der Waals surface area contributed by atoms with Crippen LogP contribution in [-0.4, -0.2) is 37.0 Å². The average Bonchev–Trinajstić information content (AvgIpc) is 2.53. The number of benzene rings is 1. The number of hydrogen-bond acceptors (Lipinski definition) is 3. The summed E-state index contributed by atoms with van der Waals surface area (Å²) in [7, 11) is 0. The monoisotopic (exact) mass is 377 g/mol. The van der Waals surface area contributed by atoms with Gasteiger partial charge in [0, 0.05) is 44.4 Å². The van der Waals surface area contributed by atoms with E-state index in [-0.39, 0.29) is 18.7 Å². The zero-order chi connectivity index (χ0) is 19.5. The van der Waals surface area contributed by atoms with Gasteiger partial charge in [-0.2, -0.15) is 13.2 Å². The maximum atomic E-state index is 13.5. The Morgan fingerprint density at radius 1 is 1.23 bits per heavy atom. The third kappa shape index (κ3) is 5.42. The summed E-state index contributed by atoms with van der Waals surface area (Å²) in [5.74, 6) is -3.84. The minimum absolute atomic E-state index is 0.0102. The number of carbonyl (C=O) groups excluding carboxylic acids is 1. The molecule has 1 amide bonds. The van der Waals surface area contributed by atoms with Crippen molar-refractivity contribution in [1.29, 1.82) is 0 Å². The topological polar surface area (TPSA) is 44.4 Å². The number of piperazine rings is 1. The van der Waals surface area contributed by atoms with Gasteiger partial charge in [-0.05, 0) is 23.8 Å². The highest BCUT2D eigenvalue weighted by molar-refractivity contribution is 5.78. The summed E-state index contributed by atoms with van der Waals surface area (Å²) in [5.41, 5.74) is -1.22. The smallest absolute Gasteiger partial charge is 0.364 e. The van der Waals surface area contributed by atoms with Crippen LogP contribution in [0.3, 0.4) is 0 Å². The lowest BCUT2D eigenvalue weighted by Crippen LogP contribution is -2.45. The van der Waals surface area contributed by atoms with Crippen molar-refractivity contribution in [2.45, 2.75) is 25.6 Å². The summed E-state index contributed by atoms with van der Waals surface area (Å²) in [4.78, 5) is 13.8. The molecule has 9 heteroatoms. The Kier molecular flexibility index (Phi) is 5.90. The van der Waals surface area contributed by atoms with E-state index in [0.29, 0.717) is 32.6 Å². The minimum Gasteiger partial charge on any atom is -0.364 e. The number of halogens is 5. The van der Waals surface area contributed by atoms with Crippen molar-refractivity contribution in [3.05, 3.63) is 47.2 Å². The van der Waals surface area contributed by atoms with E-state index in [1.54, 1.807) is 4.90 Å². The number of amides is 1. The van der Waals surface area contributed by atoms with Crippen molar-refractivity contribution in [3.63, 3.8) is 0 Å². The van der Waals surface area contributed by atoms with Crippen LogP contribution in [0.5, 0.6) is 0 Å². The predicted octanol–water partition coefficient (Wildman–Crippen LogP) is 2.85. The lowest BCUT2D eigenvalue weighted by Gasteiger charge is -2.30. The van der Waals surface area contributed by atoms with Crippen molar-refractivity contribution >= 4 is 5.91 Å². The molecule has 1 aliphatic heterocycles. The van der Waals surface area contributed by atoms with Gasteiger partial charge in [0.15, 0.2) is 0 Å². The SMILES string of the molecule is C=C1CNCCN1CC(=O)NCc1cc(C(C)(F)F)cc(C(F)(F)F)c1. The van der Waals surface area contributed by atoms with E-state index >= 15 is 0 Å². The van der Waals surface area contributed by atoms with Gasteiger partial charge >= 0.3 is 6.18 Å². The summed E-state index contributed by atoms with van der Waals surface area (Å²) in [6.45, 7) is 5.91. The van der Waals surface area contributed by atoms with Crippen molar-refractivity contribution < 1.29 is 26.7 Å². The normalized spacial score (nSPS) is 15.9. The fraction of sp³-hybridized carbons (Fsp3) is 0.471. The molecule has 0 saturated carbocycles. The van der Waals surface area contributed by atoms with E-state index in [2.05, 4.69) is 17.2 Å². The Bertz CT molecular complexity index is 650. The van der Waals surface area contributed by atoms with Gasteiger partial charge in [0.05, 0.1) is 12.1 Å². The van der Waals surface area contributed by atoms with Gasteiger partial charge in [-0.3, -0.25) is 4.79 Å². The number of alkyl halides is 5. The zero-order valence-corrected chi connectivity index (χ0v) is 14.2. The number of rotatable bonds is 5. The molecule has 26 heavy (non-hydrogen) atoms. The van der Waals surface area contributed by atoms with E-state index in [1.165, 1.54) is 0 Å². The molecule has 1 aromatic carbocycles. The highest BCUT2D eigenvalue weighted by Gasteiger charge is 2.34. The number of hydrogen-bond donors (Lipinski definition) is 2. The predicted molar refractivity (Wildman–Crippen MR) is 86.4 cm³/mol. The lowest BCUT2D eigenvalue weighted by atomic mass is 10.0. The highest BCUT2D eigenvalue weighted by Crippen LogP contribution is 2.35. The summed E-state index contributed by atoms with van der Waals surface area (Å²) >= 11 is 0. The molecular formula is C17H20F5N3O. The molecule has 4 nitrogen and oxygen atoms in total. The molecule has 1 aromatic rings. The Balaban J connectivity index is 2.08. The average molecular weight is 377 g/mol. The van der Waals surface area contributed by atoms with Crippen molar-refractivity contribution in [1.82, 2.24) is 15.5 Å². The van der Waals surface area contributed by atoms with Gasteiger partial charge in [0.1, 0.15) is 0 Å². The van der Waals surface area contributed by atoms with Crippen LogP contribution in [0.2, 0.25) is 0 Å². The molecule has 1 fully saturated rings. The zero-order valence-electron chi connectivity index (χ0n) is 14.2. The van der Waals surface area contributed by atoms with Crippen LogP contribution >= 0.6 is 0 Å². The second-order valence-electron chi connectivity index (χ2n) is 6.25. The maximum Gasteiger partial charge on any atom is 0.416 e. The molecule has 2 N–H and O–H groups in total. The second kappa shape index (κ2) is 7.61. The number of nitrogens with zero attached hydrogens (tertiary/aromatic N) is 1. The van der Waals surface area contributed by atoms with Gasteiger partial charge in [0.25, 0.3) is 5.92 Å². The first-order valence-electron chi connectivity index (χ1n) is 7.96. The summed E-state index contributed by atoms with van der Waals surface area (Å²) in [6, 6.07) is 2.16. The first kappa shape index (κ1) is 20.2. The molecule has 1 heterocycles. The fourth-order valence-electron chi connectivity index (χ4n) is 2.55. The van der Waals surface area contributed by atoms with Crippen molar-refractivity contribution in [2.24, 2.45) is 0 Å². The molecule has 1 aliphatic rings. The fourth-order valence-corrected chi connectivity index (χ4v) is 2.55. The molecule has 0 aromatic heterocycles. The van der Waals surface area contributed by atoms with Crippen LogP contribution < -0.4 is 10.6 Å². The summed E-state index contributed by atoms with van der Waals surface area (Å²) in [5, 5.41) is 5.56. The molecule has 0 atom stereocenters. The van der Waals surface area contributed by atoms with Gasteiger partial charge in [0.2, 0.25) is 5.91 Å². The summed E-state index contributed by atoms with van der Waals surface area (Å²) in [6.07, 6.45) is -4.75. The molecule has 1 saturated heterocycles. The van der Waals surface area contributed by atoms with E-state index in [0.717, 1.165) is 17.8 Å². The van der Waals surface area contributed by atoms with Crippen LogP contribution in [0.1, 0.15) is 23.6 Å². The minimum atomic E-state index is -4.75. The van der Waals surface area contributed by atoms with Crippen molar-refractivity contribution in [3.8, 4) is 0 Å². The quantitative estimate of drug-likeness (QED) is 0.776. The standard InChI is InChI=1S/C17H20F5N3O/c1-11-8-23-3-4-25(11)10-15(26)24-9-12-5-13(16(2,18)19)7-14(6-12)17(20,21)22/h5-7,23H,1,3-4,8-10H2,2H3,(H,24,26). The lowest BCUT2D eigenvalue weighted by molar-refractivity contribution is -0.137. The molecule has 2 rings (SSSR count). The number of nitrogens with one attached hydrogen (secondary N) is 2. The summed E-state index contributed by atoms with van der Waals surface area (Å²) < 4.78 is 65.8. The van der Waals surface area contributed by atoms with Gasteiger partial charge in [-0.25, -0.2) is 8.78 Å². The molecule has 0 spiro atoms. The van der Waals surface area contributed by atoms with E-state index in [9.17, 15) is 26.7 Å². The Hall–Kier alpha value is -2.16. The highest BCUT2D eigenvalue weighted by atomic mass is 19.4. The van der Waals surface area contributed by atoms with Crippen LogP contribution in [0, 0.1) is 0 Å². The molecule has 0 radical (unpaired) electrons. The Morgan fingerprint density at radius 3 is 2.46 bits per heavy atom.